The van der Waals surface area contributed by atoms with Crippen LogP contribution in [0.15, 0.2) is 18.5 Å². The van der Waals surface area contributed by atoms with Crippen LogP contribution in [0.25, 0.3) is 11.0 Å². The highest BCUT2D eigenvalue weighted by Gasteiger charge is 2.30. The predicted molar refractivity (Wildman–Crippen MR) is 72.7 cm³/mol. The lowest BCUT2D eigenvalue weighted by Crippen LogP contribution is -2.16. The van der Waals surface area contributed by atoms with Crippen molar-refractivity contribution in [2.45, 2.75) is 32.7 Å². The monoisotopic (exact) mass is 244 g/mol. The van der Waals surface area contributed by atoms with Gasteiger partial charge in [0.1, 0.15) is 11.3 Å². The molecular weight excluding hydrogens is 224 g/mol. The highest BCUT2D eigenvalue weighted by atomic mass is 15.1. The number of fused-ring (bicyclic) bond motifs is 1. The fourth-order valence-electron chi connectivity index (χ4n) is 2.93. The molecule has 0 radical (unpaired) electrons. The Hall–Kier alpha value is -1.42. The van der Waals surface area contributed by atoms with Gasteiger partial charge in [-0.1, -0.05) is 6.92 Å². The molecule has 1 aliphatic heterocycles. The maximum atomic E-state index is 4.83. The minimum atomic E-state index is 0.431. The summed E-state index contributed by atoms with van der Waals surface area (Å²) in [7, 11) is 0. The van der Waals surface area contributed by atoms with Crippen LogP contribution in [0.2, 0.25) is 0 Å². The fraction of sp³-hybridized carbons (Fsp3) is 0.571. The molecule has 2 aromatic rings. The molecule has 1 N–H and O–H groups in total. The maximum Gasteiger partial charge on any atom is 0.114 e. The van der Waals surface area contributed by atoms with Crippen molar-refractivity contribution < 1.29 is 0 Å². The zero-order chi connectivity index (χ0) is 12.7. The number of aromatic nitrogens is 3. The Morgan fingerprint density at radius 3 is 2.89 bits per heavy atom. The molecule has 0 saturated carbocycles. The fourth-order valence-corrected chi connectivity index (χ4v) is 2.93. The Labute approximate surface area is 107 Å². The van der Waals surface area contributed by atoms with Gasteiger partial charge in [0.15, 0.2) is 0 Å². The van der Waals surface area contributed by atoms with E-state index in [1.165, 1.54) is 11.3 Å². The van der Waals surface area contributed by atoms with Crippen LogP contribution >= 0.6 is 0 Å². The molecule has 0 spiro atoms. The molecule has 3 heterocycles. The Kier molecular flexibility index (Phi) is 2.82. The average Bonchev–Trinajstić information content (AvgIpc) is 2.91. The van der Waals surface area contributed by atoms with Crippen LogP contribution in [0.4, 0.5) is 0 Å². The van der Waals surface area contributed by atoms with Crippen molar-refractivity contribution in [1.82, 2.24) is 19.9 Å². The van der Waals surface area contributed by atoms with Crippen LogP contribution < -0.4 is 5.32 Å². The van der Waals surface area contributed by atoms with E-state index in [0.717, 1.165) is 18.6 Å². The van der Waals surface area contributed by atoms with Gasteiger partial charge in [0.25, 0.3) is 0 Å². The first-order valence-corrected chi connectivity index (χ1v) is 6.71. The molecule has 0 bridgehead atoms. The largest absolute Gasteiger partial charge is 0.325 e. The lowest BCUT2D eigenvalue weighted by Gasteiger charge is -2.19. The number of hydrogen-bond donors (Lipinski definition) is 1. The summed E-state index contributed by atoms with van der Waals surface area (Å²) in [6, 6.07) is 2.50. The summed E-state index contributed by atoms with van der Waals surface area (Å²) in [5, 5.41) is 3.46. The Morgan fingerprint density at radius 2 is 2.22 bits per heavy atom. The normalized spacial score (nSPS) is 24.2. The van der Waals surface area contributed by atoms with Crippen molar-refractivity contribution in [2.75, 3.05) is 13.1 Å². The van der Waals surface area contributed by atoms with Crippen LogP contribution in [0, 0.1) is 5.92 Å². The Morgan fingerprint density at radius 1 is 1.39 bits per heavy atom. The Balaban J connectivity index is 2.18. The van der Waals surface area contributed by atoms with Crippen molar-refractivity contribution >= 4 is 11.0 Å². The molecule has 4 heteroatoms. The first-order valence-electron chi connectivity index (χ1n) is 6.71. The maximum absolute atomic E-state index is 4.83. The van der Waals surface area contributed by atoms with Crippen LogP contribution in [0.3, 0.4) is 0 Å². The summed E-state index contributed by atoms with van der Waals surface area (Å²) in [5.41, 5.74) is 2.22. The third kappa shape index (κ3) is 1.72. The van der Waals surface area contributed by atoms with Gasteiger partial charge in [-0.25, -0.2) is 4.98 Å². The number of nitrogens with one attached hydrogen (secondary N) is 1. The standard InChI is InChI=1S/C14H20N4/c1-9(2)18-13-4-5-15-8-12(13)17-14(18)11-7-16-6-10(11)3/h4-5,8-11,16H,6-7H2,1-3H3. The van der Waals surface area contributed by atoms with E-state index in [4.69, 9.17) is 4.98 Å². The molecule has 1 saturated heterocycles. The van der Waals surface area contributed by atoms with Crippen molar-refractivity contribution in [1.29, 1.82) is 0 Å². The molecular formula is C14H20N4. The van der Waals surface area contributed by atoms with E-state index in [-0.39, 0.29) is 0 Å². The summed E-state index contributed by atoms with van der Waals surface area (Å²) in [4.78, 5) is 9.01. The highest BCUT2D eigenvalue weighted by Crippen LogP contribution is 2.31. The van der Waals surface area contributed by atoms with E-state index in [2.05, 4.69) is 41.7 Å². The second-order valence-corrected chi connectivity index (χ2v) is 5.54. The molecule has 96 valence electrons. The minimum absolute atomic E-state index is 0.431. The molecule has 1 aliphatic rings. The van der Waals surface area contributed by atoms with Gasteiger partial charge in [-0.15, -0.1) is 0 Å². The second kappa shape index (κ2) is 4.35. The van der Waals surface area contributed by atoms with Crippen LogP contribution in [0.1, 0.15) is 38.6 Å². The highest BCUT2D eigenvalue weighted by molar-refractivity contribution is 5.75. The molecule has 2 unspecified atom stereocenters. The molecule has 2 atom stereocenters. The minimum Gasteiger partial charge on any atom is -0.325 e. The molecule has 0 aliphatic carbocycles. The summed E-state index contributed by atoms with van der Waals surface area (Å²) in [6.45, 7) is 8.86. The molecule has 1 fully saturated rings. The quantitative estimate of drug-likeness (QED) is 0.881. The van der Waals surface area contributed by atoms with E-state index < -0.39 is 0 Å². The van der Waals surface area contributed by atoms with E-state index in [0.29, 0.717) is 17.9 Å². The van der Waals surface area contributed by atoms with Gasteiger partial charge in [0, 0.05) is 24.7 Å². The van der Waals surface area contributed by atoms with Crippen molar-refractivity contribution in [3.8, 4) is 0 Å². The van der Waals surface area contributed by atoms with Gasteiger partial charge in [-0.05, 0) is 32.4 Å². The lowest BCUT2D eigenvalue weighted by molar-refractivity contribution is 0.492. The number of pyridine rings is 1. The zero-order valence-electron chi connectivity index (χ0n) is 11.2. The van der Waals surface area contributed by atoms with Gasteiger partial charge in [-0.2, -0.15) is 0 Å². The molecule has 0 amide bonds. The van der Waals surface area contributed by atoms with Crippen LogP contribution in [-0.4, -0.2) is 27.6 Å². The third-order valence-electron chi connectivity index (χ3n) is 3.88. The first kappa shape index (κ1) is 11.7. The van der Waals surface area contributed by atoms with Gasteiger partial charge in [0.05, 0.1) is 11.7 Å². The van der Waals surface area contributed by atoms with Gasteiger partial charge >= 0.3 is 0 Å². The topological polar surface area (TPSA) is 42.7 Å². The van der Waals surface area contributed by atoms with E-state index >= 15 is 0 Å². The molecule has 2 aromatic heterocycles. The molecule has 18 heavy (non-hydrogen) atoms. The number of nitrogens with zero attached hydrogens (tertiary/aromatic N) is 3. The molecule has 3 rings (SSSR count). The van der Waals surface area contributed by atoms with Gasteiger partial charge in [0.2, 0.25) is 0 Å². The van der Waals surface area contributed by atoms with Crippen LogP contribution in [0.5, 0.6) is 0 Å². The number of hydrogen-bond acceptors (Lipinski definition) is 3. The first-order chi connectivity index (χ1) is 8.68. The zero-order valence-corrected chi connectivity index (χ0v) is 11.2. The smallest absolute Gasteiger partial charge is 0.114 e. The molecule has 0 aromatic carbocycles. The SMILES string of the molecule is CC1CNCC1c1nc2cnccc2n1C(C)C. The van der Waals surface area contributed by atoms with E-state index in [9.17, 15) is 0 Å². The van der Waals surface area contributed by atoms with Crippen LogP contribution in [-0.2, 0) is 0 Å². The summed E-state index contributed by atoms with van der Waals surface area (Å²) < 4.78 is 2.37. The lowest BCUT2D eigenvalue weighted by atomic mass is 9.97. The number of imidazole rings is 1. The predicted octanol–water partition coefficient (Wildman–Crippen LogP) is 2.34. The van der Waals surface area contributed by atoms with Crippen molar-refractivity contribution in [2.24, 2.45) is 5.92 Å². The van der Waals surface area contributed by atoms with E-state index in [1.54, 1.807) is 0 Å². The number of rotatable bonds is 2. The summed E-state index contributed by atoms with van der Waals surface area (Å²) in [6.07, 6.45) is 3.72. The summed E-state index contributed by atoms with van der Waals surface area (Å²) in [5.74, 6) is 2.37. The van der Waals surface area contributed by atoms with Gasteiger partial charge in [-0.3, -0.25) is 4.98 Å². The third-order valence-corrected chi connectivity index (χ3v) is 3.88. The Bertz CT molecular complexity index is 558. The summed E-state index contributed by atoms with van der Waals surface area (Å²) >= 11 is 0. The average molecular weight is 244 g/mol. The van der Waals surface area contributed by atoms with Crippen molar-refractivity contribution in [3.63, 3.8) is 0 Å². The van der Waals surface area contributed by atoms with E-state index in [1.807, 2.05) is 12.4 Å². The van der Waals surface area contributed by atoms with Gasteiger partial charge < -0.3 is 9.88 Å². The van der Waals surface area contributed by atoms with Crippen molar-refractivity contribution in [3.05, 3.63) is 24.3 Å². The molecule has 4 nitrogen and oxygen atoms in total. The second-order valence-electron chi connectivity index (χ2n) is 5.54.